The van der Waals surface area contributed by atoms with Gasteiger partial charge in [-0.05, 0) is 49.3 Å². The lowest BCUT2D eigenvalue weighted by atomic mass is 10.1. The molecule has 2 nitrogen and oxygen atoms in total. The minimum atomic E-state index is -0.448. The number of halogens is 2. The van der Waals surface area contributed by atoms with E-state index in [0.717, 1.165) is 6.54 Å². The van der Waals surface area contributed by atoms with Crippen molar-refractivity contribution in [1.29, 1.82) is 0 Å². The zero-order valence-electron chi connectivity index (χ0n) is 11.3. The first-order chi connectivity index (χ1) is 9.13. The van der Waals surface area contributed by atoms with Crippen LogP contribution in [0.1, 0.15) is 31.2 Å². The predicted octanol–water partition coefficient (Wildman–Crippen LogP) is 3.06. The molecule has 0 bridgehead atoms. The second-order valence-corrected chi connectivity index (χ2v) is 5.89. The van der Waals surface area contributed by atoms with Gasteiger partial charge in [-0.1, -0.05) is 0 Å². The molecule has 0 saturated heterocycles. The number of nitrogens with zero attached hydrogens (tertiary/aromatic N) is 1. The van der Waals surface area contributed by atoms with Crippen molar-refractivity contribution >= 4 is 5.69 Å². The first-order valence-electron chi connectivity index (χ1n) is 7.06. The maximum absolute atomic E-state index is 14.1. The SMILES string of the molecule is CN(CC1CC1)c1c(F)cc(CNC2CC2)cc1F. The third-order valence-electron chi connectivity index (χ3n) is 3.86. The van der Waals surface area contributed by atoms with Gasteiger partial charge in [0.05, 0.1) is 0 Å². The molecule has 2 aliphatic carbocycles. The Kier molecular flexibility index (Phi) is 3.44. The van der Waals surface area contributed by atoms with E-state index < -0.39 is 11.6 Å². The molecule has 1 N–H and O–H groups in total. The van der Waals surface area contributed by atoms with Gasteiger partial charge in [0.2, 0.25) is 0 Å². The van der Waals surface area contributed by atoms with Crippen molar-refractivity contribution in [1.82, 2.24) is 5.32 Å². The van der Waals surface area contributed by atoms with Crippen LogP contribution in [0.15, 0.2) is 12.1 Å². The van der Waals surface area contributed by atoms with Gasteiger partial charge in [-0.25, -0.2) is 8.78 Å². The van der Waals surface area contributed by atoms with Gasteiger partial charge in [0.25, 0.3) is 0 Å². The highest BCUT2D eigenvalue weighted by Crippen LogP contribution is 2.32. The lowest BCUT2D eigenvalue weighted by Gasteiger charge is -2.21. The molecule has 0 unspecified atom stereocenters. The zero-order valence-corrected chi connectivity index (χ0v) is 11.3. The van der Waals surface area contributed by atoms with Crippen LogP contribution in [-0.2, 0) is 6.54 Å². The summed E-state index contributed by atoms with van der Waals surface area (Å²) < 4.78 is 28.1. The van der Waals surface area contributed by atoms with Gasteiger partial charge >= 0.3 is 0 Å². The number of nitrogens with one attached hydrogen (secondary N) is 1. The Bertz CT molecular complexity index is 444. The van der Waals surface area contributed by atoms with E-state index in [0.29, 0.717) is 24.1 Å². The van der Waals surface area contributed by atoms with Crippen LogP contribution < -0.4 is 10.2 Å². The first kappa shape index (κ1) is 12.9. The van der Waals surface area contributed by atoms with Crippen LogP contribution in [0.5, 0.6) is 0 Å². The normalized spacial score (nSPS) is 18.7. The van der Waals surface area contributed by atoms with E-state index >= 15 is 0 Å². The van der Waals surface area contributed by atoms with Crippen LogP contribution in [0.3, 0.4) is 0 Å². The fourth-order valence-corrected chi connectivity index (χ4v) is 2.41. The standard InChI is InChI=1S/C15H20F2N2/c1-19(9-10-2-3-10)15-13(16)6-11(7-14(15)17)8-18-12-4-5-12/h6-7,10,12,18H,2-5,8-9H2,1H3. The molecule has 2 saturated carbocycles. The Morgan fingerprint density at radius 3 is 2.32 bits per heavy atom. The van der Waals surface area contributed by atoms with Crippen molar-refractivity contribution < 1.29 is 8.78 Å². The summed E-state index contributed by atoms with van der Waals surface area (Å²) in [6, 6.07) is 3.46. The van der Waals surface area contributed by atoms with E-state index in [9.17, 15) is 8.78 Å². The van der Waals surface area contributed by atoms with E-state index in [1.54, 1.807) is 11.9 Å². The van der Waals surface area contributed by atoms with Crippen molar-refractivity contribution in [3.05, 3.63) is 29.3 Å². The molecule has 0 aromatic heterocycles. The van der Waals surface area contributed by atoms with Gasteiger partial charge in [-0.2, -0.15) is 0 Å². The van der Waals surface area contributed by atoms with E-state index in [1.807, 2.05) is 0 Å². The molecule has 0 spiro atoms. The molecule has 0 atom stereocenters. The van der Waals surface area contributed by atoms with Crippen LogP contribution in [-0.4, -0.2) is 19.6 Å². The number of hydrogen-bond acceptors (Lipinski definition) is 2. The second kappa shape index (κ2) is 5.08. The minimum Gasteiger partial charge on any atom is -0.370 e. The van der Waals surface area contributed by atoms with E-state index in [-0.39, 0.29) is 5.69 Å². The zero-order chi connectivity index (χ0) is 13.4. The fourth-order valence-electron chi connectivity index (χ4n) is 2.41. The van der Waals surface area contributed by atoms with Crippen LogP contribution >= 0.6 is 0 Å². The number of benzene rings is 1. The molecule has 0 amide bonds. The van der Waals surface area contributed by atoms with Gasteiger partial charge in [0, 0.05) is 26.2 Å². The van der Waals surface area contributed by atoms with Crippen LogP contribution in [0.4, 0.5) is 14.5 Å². The quantitative estimate of drug-likeness (QED) is 0.851. The summed E-state index contributed by atoms with van der Waals surface area (Å²) in [6.07, 6.45) is 4.70. The lowest BCUT2D eigenvalue weighted by Crippen LogP contribution is -2.23. The highest BCUT2D eigenvalue weighted by atomic mass is 19.1. The smallest absolute Gasteiger partial charge is 0.149 e. The lowest BCUT2D eigenvalue weighted by molar-refractivity contribution is 0.566. The molecular formula is C15H20F2N2. The van der Waals surface area contributed by atoms with Gasteiger partial charge in [0.1, 0.15) is 17.3 Å². The molecule has 3 rings (SSSR count). The van der Waals surface area contributed by atoms with Crippen LogP contribution in [0.25, 0.3) is 0 Å². The van der Waals surface area contributed by atoms with Crippen molar-refractivity contribution in [2.45, 2.75) is 38.3 Å². The highest BCUT2D eigenvalue weighted by molar-refractivity contribution is 5.50. The number of hydrogen-bond donors (Lipinski definition) is 1. The largest absolute Gasteiger partial charge is 0.370 e. The Morgan fingerprint density at radius 1 is 1.16 bits per heavy atom. The molecule has 104 valence electrons. The monoisotopic (exact) mass is 266 g/mol. The molecule has 2 aliphatic rings. The second-order valence-electron chi connectivity index (χ2n) is 5.89. The minimum absolute atomic E-state index is 0.113. The molecule has 2 fully saturated rings. The molecule has 1 aromatic carbocycles. The molecule has 1 aromatic rings. The molecular weight excluding hydrogens is 246 g/mol. The van der Waals surface area contributed by atoms with E-state index in [2.05, 4.69) is 5.32 Å². The van der Waals surface area contributed by atoms with Crippen molar-refractivity contribution in [2.24, 2.45) is 5.92 Å². The summed E-state index contributed by atoms with van der Waals surface area (Å²) in [5.41, 5.74) is 0.799. The Labute approximate surface area is 112 Å². The third-order valence-corrected chi connectivity index (χ3v) is 3.86. The average Bonchev–Trinajstić information content (AvgIpc) is 3.20. The summed E-state index contributed by atoms with van der Waals surface area (Å²) in [5.74, 6) is -0.286. The van der Waals surface area contributed by atoms with Crippen molar-refractivity contribution in [3.8, 4) is 0 Å². The third kappa shape index (κ3) is 3.24. The first-order valence-corrected chi connectivity index (χ1v) is 7.06. The molecule has 19 heavy (non-hydrogen) atoms. The molecule has 0 heterocycles. The van der Waals surface area contributed by atoms with Gasteiger partial charge in [-0.3, -0.25) is 0 Å². The Morgan fingerprint density at radius 2 is 1.79 bits per heavy atom. The maximum Gasteiger partial charge on any atom is 0.149 e. The van der Waals surface area contributed by atoms with Crippen LogP contribution in [0.2, 0.25) is 0 Å². The van der Waals surface area contributed by atoms with E-state index in [1.165, 1.54) is 37.8 Å². The van der Waals surface area contributed by atoms with E-state index in [4.69, 9.17) is 0 Å². The maximum atomic E-state index is 14.1. The predicted molar refractivity (Wildman–Crippen MR) is 72.2 cm³/mol. The summed E-state index contributed by atoms with van der Waals surface area (Å²) in [7, 11) is 1.77. The summed E-state index contributed by atoms with van der Waals surface area (Å²) in [6.45, 7) is 1.29. The number of anilines is 1. The van der Waals surface area contributed by atoms with Gasteiger partial charge < -0.3 is 10.2 Å². The van der Waals surface area contributed by atoms with Crippen LogP contribution in [0, 0.1) is 17.6 Å². The fraction of sp³-hybridized carbons (Fsp3) is 0.600. The summed E-state index contributed by atoms with van der Waals surface area (Å²) in [4.78, 5) is 1.71. The van der Waals surface area contributed by atoms with Gasteiger partial charge in [-0.15, -0.1) is 0 Å². The molecule has 0 aliphatic heterocycles. The van der Waals surface area contributed by atoms with Crippen molar-refractivity contribution in [3.63, 3.8) is 0 Å². The number of rotatable bonds is 6. The molecule has 4 heteroatoms. The average molecular weight is 266 g/mol. The highest BCUT2D eigenvalue weighted by Gasteiger charge is 2.26. The topological polar surface area (TPSA) is 15.3 Å². The Balaban J connectivity index is 1.71. The van der Waals surface area contributed by atoms with Crippen molar-refractivity contribution in [2.75, 3.05) is 18.5 Å². The van der Waals surface area contributed by atoms with Gasteiger partial charge in [0.15, 0.2) is 0 Å². The molecule has 0 radical (unpaired) electrons. The summed E-state index contributed by atoms with van der Waals surface area (Å²) >= 11 is 0. The summed E-state index contributed by atoms with van der Waals surface area (Å²) in [5, 5.41) is 3.27. The Hall–Kier alpha value is -1.16.